The minimum atomic E-state index is -0.208. The number of nitrogens with zero attached hydrogens (tertiary/aromatic N) is 1. The van der Waals surface area contributed by atoms with Crippen LogP contribution in [0.15, 0.2) is 30.7 Å². The quantitative estimate of drug-likeness (QED) is 0.638. The fourth-order valence-corrected chi connectivity index (χ4v) is 0.980. The van der Waals surface area contributed by atoms with E-state index in [4.69, 9.17) is 0 Å². The number of hydrogen-bond donors (Lipinski definition) is 3. The van der Waals surface area contributed by atoms with Crippen LogP contribution in [0.1, 0.15) is 10.5 Å². The summed E-state index contributed by atoms with van der Waals surface area (Å²) >= 11 is 0. The van der Waals surface area contributed by atoms with Crippen LogP contribution in [0.25, 0.3) is 0 Å². The first kappa shape index (κ1) is 7.60. The molecule has 0 spiro atoms. The predicted octanol–water partition coefficient (Wildman–Crippen LogP) is 0.990. The van der Waals surface area contributed by atoms with Crippen LogP contribution in [0, 0.1) is 0 Å². The number of aromatic amines is 2. The molecule has 0 aliphatic heterocycles. The average molecular weight is 176 g/mol. The lowest BCUT2D eigenvalue weighted by Gasteiger charge is -1.97. The standard InChI is InChI=1S/C8H8N4O/c13-7(6-2-1-3-9-6)12-8-10-4-5-11-8/h1-5,9H,(H2,10,11,12,13). The first-order chi connectivity index (χ1) is 6.36. The highest BCUT2D eigenvalue weighted by molar-refractivity contribution is 6.01. The summed E-state index contributed by atoms with van der Waals surface area (Å²) in [6.07, 6.45) is 4.91. The summed E-state index contributed by atoms with van der Waals surface area (Å²) < 4.78 is 0. The monoisotopic (exact) mass is 176 g/mol. The van der Waals surface area contributed by atoms with E-state index in [-0.39, 0.29) is 5.91 Å². The van der Waals surface area contributed by atoms with Crippen LogP contribution in [0.5, 0.6) is 0 Å². The Balaban J connectivity index is 2.08. The van der Waals surface area contributed by atoms with E-state index >= 15 is 0 Å². The van der Waals surface area contributed by atoms with Gasteiger partial charge >= 0.3 is 0 Å². The molecule has 0 saturated carbocycles. The van der Waals surface area contributed by atoms with Gasteiger partial charge in [-0.15, -0.1) is 0 Å². The van der Waals surface area contributed by atoms with Crippen LogP contribution in [0.4, 0.5) is 5.95 Å². The first-order valence-corrected chi connectivity index (χ1v) is 3.80. The van der Waals surface area contributed by atoms with Crippen molar-refractivity contribution in [2.45, 2.75) is 0 Å². The summed E-state index contributed by atoms with van der Waals surface area (Å²) in [6.45, 7) is 0. The summed E-state index contributed by atoms with van der Waals surface area (Å²) in [5, 5.41) is 2.59. The number of imidazole rings is 1. The second kappa shape index (κ2) is 3.14. The molecule has 0 aromatic carbocycles. The van der Waals surface area contributed by atoms with Gasteiger partial charge in [0.2, 0.25) is 5.95 Å². The van der Waals surface area contributed by atoms with Crippen molar-refractivity contribution in [3.63, 3.8) is 0 Å². The fourth-order valence-electron chi connectivity index (χ4n) is 0.980. The van der Waals surface area contributed by atoms with Crippen LogP contribution in [-0.4, -0.2) is 20.9 Å². The maximum absolute atomic E-state index is 11.4. The van der Waals surface area contributed by atoms with E-state index in [1.165, 1.54) is 0 Å². The van der Waals surface area contributed by atoms with Crippen molar-refractivity contribution in [2.75, 3.05) is 5.32 Å². The van der Waals surface area contributed by atoms with Crippen LogP contribution in [-0.2, 0) is 0 Å². The highest BCUT2D eigenvalue weighted by Crippen LogP contribution is 2.00. The number of aromatic nitrogens is 3. The summed E-state index contributed by atoms with van der Waals surface area (Å²) in [4.78, 5) is 20.8. The Hall–Kier alpha value is -2.04. The molecule has 2 rings (SSSR count). The Morgan fingerprint density at radius 1 is 1.38 bits per heavy atom. The van der Waals surface area contributed by atoms with Crippen molar-refractivity contribution in [1.82, 2.24) is 15.0 Å². The van der Waals surface area contributed by atoms with Gasteiger partial charge in [0.15, 0.2) is 0 Å². The number of nitrogens with one attached hydrogen (secondary N) is 3. The van der Waals surface area contributed by atoms with Crippen LogP contribution < -0.4 is 5.32 Å². The lowest BCUT2D eigenvalue weighted by atomic mass is 10.4. The topological polar surface area (TPSA) is 73.6 Å². The Kier molecular flexibility index (Phi) is 1.84. The van der Waals surface area contributed by atoms with E-state index in [1.807, 2.05) is 0 Å². The largest absolute Gasteiger partial charge is 0.357 e. The van der Waals surface area contributed by atoms with E-state index in [9.17, 15) is 4.79 Å². The number of hydrogen-bond acceptors (Lipinski definition) is 2. The zero-order valence-electron chi connectivity index (χ0n) is 6.74. The third-order valence-electron chi connectivity index (χ3n) is 1.57. The molecule has 1 amide bonds. The lowest BCUT2D eigenvalue weighted by molar-refractivity contribution is 0.102. The predicted molar refractivity (Wildman–Crippen MR) is 47.3 cm³/mol. The van der Waals surface area contributed by atoms with E-state index in [1.54, 1.807) is 30.7 Å². The molecule has 2 aromatic heterocycles. The van der Waals surface area contributed by atoms with E-state index in [0.717, 1.165) is 0 Å². The van der Waals surface area contributed by atoms with Crippen molar-refractivity contribution in [3.8, 4) is 0 Å². The molecule has 0 atom stereocenters. The van der Waals surface area contributed by atoms with Gasteiger partial charge < -0.3 is 9.97 Å². The summed E-state index contributed by atoms with van der Waals surface area (Å²) in [7, 11) is 0. The van der Waals surface area contributed by atoms with Crippen molar-refractivity contribution < 1.29 is 4.79 Å². The summed E-state index contributed by atoms with van der Waals surface area (Å²) in [6, 6.07) is 3.45. The van der Waals surface area contributed by atoms with Gasteiger partial charge in [0.25, 0.3) is 5.91 Å². The molecule has 2 heterocycles. The smallest absolute Gasteiger partial charge is 0.274 e. The Morgan fingerprint density at radius 3 is 2.92 bits per heavy atom. The number of rotatable bonds is 2. The minimum Gasteiger partial charge on any atom is -0.357 e. The van der Waals surface area contributed by atoms with Crippen molar-refractivity contribution >= 4 is 11.9 Å². The van der Waals surface area contributed by atoms with Crippen LogP contribution in [0.2, 0.25) is 0 Å². The van der Waals surface area contributed by atoms with Gasteiger partial charge in [-0.3, -0.25) is 10.1 Å². The van der Waals surface area contributed by atoms with Gasteiger partial charge in [0.05, 0.1) is 0 Å². The molecule has 3 N–H and O–H groups in total. The normalized spacial score (nSPS) is 9.85. The minimum absolute atomic E-state index is 0.208. The Bertz CT molecular complexity index is 376. The molecular weight excluding hydrogens is 168 g/mol. The molecule has 66 valence electrons. The number of carbonyl (C=O) groups excluding carboxylic acids is 1. The van der Waals surface area contributed by atoms with Crippen molar-refractivity contribution in [3.05, 3.63) is 36.4 Å². The van der Waals surface area contributed by atoms with E-state index in [0.29, 0.717) is 11.6 Å². The van der Waals surface area contributed by atoms with Gasteiger partial charge in [-0.05, 0) is 12.1 Å². The lowest BCUT2D eigenvalue weighted by Crippen LogP contribution is -2.13. The molecule has 13 heavy (non-hydrogen) atoms. The molecule has 0 saturated heterocycles. The highest BCUT2D eigenvalue weighted by atomic mass is 16.2. The Labute approximate surface area is 74.2 Å². The molecule has 5 heteroatoms. The van der Waals surface area contributed by atoms with Gasteiger partial charge in [0.1, 0.15) is 5.69 Å². The molecule has 0 bridgehead atoms. The zero-order chi connectivity index (χ0) is 9.10. The van der Waals surface area contributed by atoms with E-state index in [2.05, 4.69) is 20.3 Å². The second-order valence-electron chi connectivity index (χ2n) is 2.48. The average Bonchev–Trinajstić information content (AvgIpc) is 2.74. The first-order valence-electron chi connectivity index (χ1n) is 3.80. The molecule has 0 fully saturated rings. The molecular formula is C8H8N4O. The van der Waals surface area contributed by atoms with Gasteiger partial charge in [-0.1, -0.05) is 0 Å². The molecule has 0 unspecified atom stereocenters. The molecule has 5 nitrogen and oxygen atoms in total. The Morgan fingerprint density at radius 2 is 2.31 bits per heavy atom. The van der Waals surface area contributed by atoms with Crippen LogP contribution in [0.3, 0.4) is 0 Å². The number of carbonyl (C=O) groups is 1. The third-order valence-corrected chi connectivity index (χ3v) is 1.57. The number of amides is 1. The zero-order valence-corrected chi connectivity index (χ0v) is 6.74. The maximum Gasteiger partial charge on any atom is 0.274 e. The van der Waals surface area contributed by atoms with Crippen molar-refractivity contribution in [1.29, 1.82) is 0 Å². The van der Waals surface area contributed by atoms with E-state index < -0.39 is 0 Å². The summed E-state index contributed by atoms with van der Waals surface area (Å²) in [5.41, 5.74) is 0.511. The SMILES string of the molecule is O=C(Nc1ncc[nH]1)c1ccc[nH]1. The fraction of sp³-hybridized carbons (Fsp3) is 0. The molecule has 0 aliphatic rings. The highest BCUT2D eigenvalue weighted by Gasteiger charge is 2.06. The second-order valence-corrected chi connectivity index (χ2v) is 2.48. The van der Waals surface area contributed by atoms with Gasteiger partial charge in [0, 0.05) is 18.6 Å². The maximum atomic E-state index is 11.4. The molecule has 2 aromatic rings. The van der Waals surface area contributed by atoms with Crippen LogP contribution >= 0.6 is 0 Å². The molecule has 0 radical (unpaired) electrons. The number of anilines is 1. The van der Waals surface area contributed by atoms with Gasteiger partial charge in [-0.2, -0.15) is 0 Å². The molecule has 0 aliphatic carbocycles. The van der Waals surface area contributed by atoms with Gasteiger partial charge in [-0.25, -0.2) is 4.98 Å². The number of H-pyrrole nitrogens is 2. The van der Waals surface area contributed by atoms with Crippen molar-refractivity contribution in [2.24, 2.45) is 0 Å². The third kappa shape index (κ3) is 1.58. The summed E-state index contributed by atoms with van der Waals surface area (Å²) in [5.74, 6) is 0.236.